The zero-order valence-electron chi connectivity index (χ0n) is 13.9. The van der Waals surface area contributed by atoms with Gasteiger partial charge in [-0.1, -0.05) is 13.0 Å². The van der Waals surface area contributed by atoms with E-state index in [1.165, 1.54) is 37.3 Å². The Morgan fingerprint density at radius 1 is 1.04 bits per heavy atom. The number of rotatable bonds is 6. The van der Waals surface area contributed by atoms with E-state index in [1.54, 1.807) is 6.20 Å². The Labute approximate surface area is 139 Å². The summed E-state index contributed by atoms with van der Waals surface area (Å²) < 4.78 is 0. The molecule has 1 saturated heterocycles. The normalized spacial score (nSPS) is 15.6. The first-order valence-electron chi connectivity index (χ1n) is 8.55. The molecule has 1 aliphatic rings. The summed E-state index contributed by atoms with van der Waals surface area (Å²) in [6.07, 6.45) is 4.95. The Morgan fingerprint density at radius 3 is 2.48 bits per heavy atom. The largest absolute Gasteiger partial charge is 0.381 e. The van der Waals surface area contributed by atoms with Gasteiger partial charge >= 0.3 is 0 Å². The average Bonchev–Trinajstić information content (AvgIpc) is 2.62. The van der Waals surface area contributed by atoms with Crippen LogP contribution >= 0.6 is 0 Å². The summed E-state index contributed by atoms with van der Waals surface area (Å²) >= 11 is 0. The fraction of sp³-hybridized carbons (Fsp3) is 0.421. The maximum absolute atomic E-state index is 4.14. The van der Waals surface area contributed by atoms with Gasteiger partial charge in [0.1, 0.15) is 0 Å². The van der Waals surface area contributed by atoms with E-state index in [0.717, 1.165) is 25.3 Å². The lowest BCUT2D eigenvalue weighted by Gasteiger charge is -2.36. The standard InChI is InChI=1S/C19H26N4/c1-2-10-22-11-13-23(14-12-22)19-7-5-18(6-8-19)21-16-17-4-3-9-20-15-17/h3-9,15,21H,2,10-14,16H2,1H3. The topological polar surface area (TPSA) is 31.4 Å². The van der Waals surface area contributed by atoms with Crippen LogP contribution < -0.4 is 10.2 Å². The number of pyridine rings is 1. The summed E-state index contributed by atoms with van der Waals surface area (Å²) in [4.78, 5) is 9.18. The van der Waals surface area contributed by atoms with E-state index in [-0.39, 0.29) is 0 Å². The number of benzene rings is 1. The predicted molar refractivity (Wildman–Crippen MR) is 96.9 cm³/mol. The summed E-state index contributed by atoms with van der Waals surface area (Å²) in [6.45, 7) is 8.89. The molecule has 1 fully saturated rings. The second-order valence-electron chi connectivity index (χ2n) is 6.09. The molecule has 0 saturated carbocycles. The molecular weight excluding hydrogens is 284 g/mol. The number of hydrogen-bond acceptors (Lipinski definition) is 4. The van der Waals surface area contributed by atoms with E-state index >= 15 is 0 Å². The van der Waals surface area contributed by atoms with Crippen LogP contribution in [0.1, 0.15) is 18.9 Å². The quantitative estimate of drug-likeness (QED) is 0.887. The van der Waals surface area contributed by atoms with Crippen LogP contribution in [0.25, 0.3) is 0 Å². The summed E-state index contributed by atoms with van der Waals surface area (Å²) in [7, 11) is 0. The highest BCUT2D eigenvalue weighted by atomic mass is 15.3. The minimum Gasteiger partial charge on any atom is -0.381 e. The molecule has 2 aromatic rings. The van der Waals surface area contributed by atoms with Crippen LogP contribution in [0.5, 0.6) is 0 Å². The fourth-order valence-corrected chi connectivity index (χ4v) is 3.04. The number of nitrogens with one attached hydrogen (secondary N) is 1. The van der Waals surface area contributed by atoms with E-state index in [4.69, 9.17) is 0 Å². The Balaban J connectivity index is 1.51. The van der Waals surface area contributed by atoms with Gasteiger partial charge in [0.25, 0.3) is 0 Å². The van der Waals surface area contributed by atoms with Crippen LogP contribution in [0.3, 0.4) is 0 Å². The molecular formula is C19H26N4. The number of aromatic nitrogens is 1. The second-order valence-corrected chi connectivity index (χ2v) is 6.09. The monoisotopic (exact) mass is 310 g/mol. The minimum absolute atomic E-state index is 0.808. The van der Waals surface area contributed by atoms with Crippen molar-refractivity contribution in [1.29, 1.82) is 0 Å². The zero-order valence-corrected chi connectivity index (χ0v) is 13.9. The van der Waals surface area contributed by atoms with Gasteiger partial charge < -0.3 is 10.2 Å². The molecule has 1 aromatic carbocycles. The molecule has 0 amide bonds. The summed E-state index contributed by atoms with van der Waals surface area (Å²) in [5.74, 6) is 0. The van der Waals surface area contributed by atoms with Crippen LogP contribution in [0.4, 0.5) is 11.4 Å². The zero-order chi connectivity index (χ0) is 15.9. The second kappa shape index (κ2) is 7.97. The lowest BCUT2D eigenvalue weighted by Crippen LogP contribution is -2.46. The summed E-state index contributed by atoms with van der Waals surface area (Å²) in [5, 5.41) is 3.45. The Hall–Kier alpha value is -2.07. The van der Waals surface area contributed by atoms with Crippen molar-refractivity contribution in [2.45, 2.75) is 19.9 Å². The van der Waals surface area contributed by atoms with Crippen molar-refractivity contribution in [3.63, 3.8) is 0 Å². The summed E-state index contributed by atoms with van der Waals surface area (Å²) in [6, 6.07) is 12.8. The van der Waals surface area contributed by atoms with Gasteiger partial charge in [-0.25, -0.2) is 0 Å². The number of piperazine rings is 1. The van der Waals surface area contributed by atoms with Crippen molar-refractivity contribution in [2.24, 2.45) is 0 Å². The van der Waals surface area contributed by atoms with E-state index in [0.29, 0.717) is 0 Å². The van der Waals surface area contributed by atoms with Crippen molar-refractivity contribution in [1.82, 2.24) is 9.88 Å². The van der Waals surface area contributed by atoms with Crippen LogP contribution in [0, 0.1) is 0 Å². The van der Waals surface area contributed by atoms with E-state index in [1.807, 2.05) is 12.3 Å². The third kappa shape index (κ3) is 4.45. The van der Waals surface area contributed by atoms with Gasteiger partial charge in [0.2, 0.25) is 0 Å². The van der Waals surface area contributed by atoms with Crippen molar-refractivity contribution in [2.75, 3.05) is 42.9 Å². The molecule has 23 heavy (non-hydrogen) atoms. The highest BCUT2D eigenvalue weighted by Gasteiger charge is 2.16. The molecule has 1 N–H and O–H groups in total. The third-order valence-electron chi connectivity index (χ3n) is 4.36. The molecule has 3 rings (SSSR count). The Bertz CT molecular complexity index is 574. The van der Waals surface area contributed by atoms with Gasteiger partial charge in [-0.2, -0.15) is 0 Å². The van der Waals surface area contributed by atoms with Crippen LogP contribution in [0.15, 0.2) is 48.8 Å². The van der Waals surface area contributed by atoms with E-state index < -0.39 is 0 Å². The van der Waals surface area contributed by atoms with Gasteiger partial charge in [-0.05, 0) is 48.9 Å². The lowest BCUT2D eigenvalue weighted by atomic mass is 10.2. The van der Waals surface area contributed by atoms with Crippen LogP contribution in [0.2, 0.25) is 0 Å². The molecule has 0 unspecified atom stereocenters. The molecule has 2 heterocycles. The predicted octanol–water partition coefficient (Wildman–Crippen LogP) is 3.23. The van der Waals surface area contributed by atoms with E-state index in [9.17, 15) is 0 Å². The van der Waals surface area contributed by atoms with Crippen molar-refractivity contribution >= 4 is 11.4 Å². The first-order chi connectivity index (χ1) is 11.3. The SMILES string of the molecule is CCCN1CCN(c2ccc(NCc3cccnc3)cc2)CC1. The van der Waals surface area contributed by atoms with Crippen LogP contribution in [-0.2, 0) is 6.54 Å². The summed E-state index contributed by atoms with van der Waals surface area (Å²) in [5.41, 5.74) is 3.68. The van der Waals surface area contributed by atoms with Gasteiger partial charge in [-0.15, -0.1) is 0 Å². The maximum atomic E-state index is 4.14. The molecule has 4 heteroatoms. The maximum Gasteiger partial charge on any atom is 0.0416 e. The fourth-order valence-electron chi connectivity index (χ4n) is 3.04. The molecule has 122 valence electrons. The lowest BCUT2D eigenvalue weighted by molar-refractivity contribution is 0.258. The molecule has 0 aliphatic carbocycles. The molecule has 0 bridgehead atoms. The van der Waals surface area contributed by atoms with Gasteiger partial charge in [0, 0.05) is 56.5 Å². The highest BCUT2D eigenvalue weighted by Crippen LogP contribution is 2.20. The van der Waals surface area contributed by atoms with Crippen molar-refractivity contribution in [3.8, 4) is 0 Å². The first-order valence-corrected chi connectivity index (χ1v) is 8.55. The minimum atomic E-state index is 0.808. The Kier molecular flexibility index (Phi) is 5.48. The van der Waals surface area contributed by atoms with Gasteiger partial charge in [0.15, 0.2) is 0 Å². The number of anilines is 2. The number of hydrogen-bond donors (Lipinski definition) is 1. The van der Waals surface area contributed by atoms with E-state index in [2.05, 4.69) is 57.4 Å². The highest BCUT2D eigenvalue weighted by molar-refractivity contribution is 5.55. The molecule has 0 atom stereocenters. The third-order valence-corrected chi connectivity index (χ3v) is 4.36. The first kappa shape index (κ1) is 15.8. The molecule has 0 spiro atoms. The Morgan fingerprint density at radius 2 is 1.83 bits per heavy atom. The molecule has 4 nitrogen and oxygen atoms in total. The average molecular weight is 310 g/mol. The van der Waals surface area contributed by atoms with Gasteiger partial charge in [-0.3, -0.25) is 9.88 Å². The molecule has 0 radical (unpaired) electrons. The molecule has 1 aliphatic heterocycles. The van der Waals surface area contributed by atoms with Crippen molar-refractivity contribution < 1.29 is 0 Å². The molecule has 1 aromatic heterocycles. The van der Waals surface area contributed by atoms with Gasteiger partial charge in [0.05, 0.1) is 0 Å². The van der Waals surface area contributed by atoms with Crippen LogP contribution in [-0.4, -0.2) is 42.6 Å². The smallest absolute Gasteiger partial charge is 0.0416 e. The number of nitrogens with zero attached hydrogens (tertiary/aromatic N) is 3. The van der Waals surface area contributed by atoms with Crippen molar-refractivity contribution in [3.05, 3.63) is 54.4 Å².